The molecule has 0 aliphatic carbocycles. The molecule has 0 saturated carbocycles. The number of nitrogens with two attached hydrogens (primary N) is 1. The summed E-state index contributed by atoms with van der Waals surface area (Å²) in [7, 11) is 0. The summed E-state index contributed by atoms with van der Waals surface area (Å²) < 4.78 is 0. The lowest BCUT2D eigenvalue weighted by atomic mass is 10.1. The summed E-state index contributed by atoms with van der Waals surface area (Å²) in [6.45, 7) is 0.399. The molecule has 5 heteroatoms. The summed E-state index contributed by atoms with van der Waals surface area (Å²) in [4.78, 5) is 21.9. The first kappa shape index (κ1) is 10.7. The van der Waals surface area contributed by atoms with Gasteiger partial charge in [0.05, 0.1) is 13.0 Å². The Balaban J connectivity index is 1.93. The van der Waals surface area contributed by atoms with Crippen LogP contribution in [0.25, 0.3) is 0 Å². The number of nitrogens with zero attached hydrogens (tertiary/aromatic N) is 3. The number of amides is 1. The molecule has 1 aliphatic rings. The van der Waals surface area contributed by atoms with Crippen molar-refractivity contribution in [2.45, 2.75) is 13.0 Å². The second-order valence-electron chi connectivity index (χ2n) is 4.21. The van der Waals surface area contributed by atoms with Gasteiger partial charge in [0.25, 0.3) is 0 Å². The minimum atomic E-state index is 0.0584. The zero-order chi connectivity index (χ0) is 12.5. The highest BCUT2D eigenvalue weighted by Crippen LogP contribution is 2.31. The van der Waals surface area contributed by atoms with Crippen LogP contribution in [0, 0.1) is 0 Å². The molecule has 0 saturated heterocycles. The van der Waals surface area contributed by atoms with Crippen LogP contribution in [0.4, 0.5) is 11.4 Å². The summed E-state index contributed by atoms with van der Waals surface area (Å²) in [6.07, 6.45) is 3.74. The van der Waals surface area contributed by atoms with Crippen LogP contribution in [0.3, 0.4) is 0 Å². The smallest absolute Gasteiger partial charge is 0.231 e. The van der Waals surface area contributed by atoms with E-state index in [0.29, 0.717) is 24.5 Å². The van der Waals surface area contributed by atoms with Gasteiger partial charge in [0.1, 0.15) is 5.82 Å². The molecule has 0 radical (unpaired) electrons. The largest absolute Gasteiger partial charge is 0.399 e. The normalized spacial score (nSPS) is 13.8. The van der Waals surface area contributed by atoms with E-state index >= 15 is 0 Å². The second-order valence-corrected chi connectivity index (χ2v) is 4.21. The maximum absolute atomic E-state index is 12.0. The first-order chi connectivity index (χ1) is 8.74. The predicted octanol–water partition coefficient (Wildman–Crippen LogP) is 1.15. The van der Waals surface area contributed by atoms with Crippen molar-refractivity contribution in [3.8, 4) is 0 Å². The fourth-order valence-corrected chi connectivity index (χ4v) is 2.13. The van der Waals surface area contributed by atoms with Crippen molar-refractivity contribution in [3.05, 3.63) is 48.0 Å². The van der Waals surface area contributed by atoms with Crippen LogP contribution in [0.5, 0.6) is 0 Å². The molecule has 1 aliphatic heterocycles. The molecule has 2 heterocycles. The van der Waals surface area contributed by atoms with Crippen LogP contribution in [0.2, 0.25) is 0 Å². The van der Waals surface area contributed by atoms with Crippen LogP contribution in [0.15, 0.2) is 36.7 Å². The van der Waals surface area contributed by atoms with E-state index in [0.717, 1.165) is 11.3 Å². The van der Waals surface area contributed by atoms with E-state index in [-0.39, 0.29) is 5.91 Å². The highest BCUT2D eigenvalue weighted by Gasteiger charge is 2.27. The molecule has 0 unspecified atom stereocenters. The van der Waals surface area contributed by atoms with Crippen molar-refractivity contribution in [3.63, 3.8) is 0 Å². The third-order valence-corrected chi connectivity index (χ3v) is 2.96. The summed E-state index contributed by atoms with van der Waals surface area (Å²) in [6, 6.07) is 7.28. The predicted molar refractivity (Wildman–Crippen MR) is 67.8 cm³/mol. The van der Waals surface area contributed by atoms with Gasteiger partial charge in [-0.1, -0.05) is 0 Å². The molecule has 5 nitrogen and oxygen atoms in total. The van der Waals surface area contributed by atoms with E-state index in [4.69, 9.17) is 5.73 Å². The van der Waals surface area contributed by atoms with Crippen molar-refractivity contribution < 1.29 is 4.79 Å². The molecule has 3 rings (SSSR count). The van der Waals surface area contributed by atoms with E-state index in [1.807, 2.05) is 12.1 Å². The zero-order valence-electron chi connectivity index (χ0n) is 9.71. The summed E-state index contributed by atoms with van der Waals surface area (Å²) in [5.74, 6) is 0.693. The Morgan fingerprint density at radius 2 is 2.06 bits per heavy atom. The Morgan fingerprint density at radius 1 is 1.28 bits per heavy atom. The molecule has 1 aromatic carbocycles. The molecule has 0 fully saturated rings. The summed E-state index contributed by atoms with van der Waals surface area (Å²) in [5.41, 5.74) is 8.27. The van der Waals surface area contributed by atoms with Gasteiger partial charge in [0.15, 0.2) is 0 Å². The Labute approximate surface area is 104 Å². The SMILES string of the molecule is Nc1ccc2c(c1)CC(=O)N2Cc1ncccn1. The zero-order valence-corrected chi connectivity index (χ0v) is 9.71. The highest BCUT2D eigenvalue weighted by molar-refractivity contribution is 6.01. The molecule has 1 amide bonds. The molecule has 0 atom stereocenters. The van der Waals surface area contributed by atoms with E-state index in [1.54, 1.807) is 29.4 Å². The van der Waals surface area contributed by atoms with Crippen LogP contribution >= 0.6 is 0 Å². The number of aromatic nitrogens is 2. The van der Waals surface area contributed by atoms with Crippen molar-refractivity contribution in [1.82, 2.24) is 9.97 Å². The average Bonchev–Trinajstić information content (AvgIpc) is 2.66. The van der Waals surface area contributed by atoms with Gasteiger partial charge in [-0.25, -0.2) is 9.97 Å². The minimum Gasteiger partial charge on any atom is -0.399 e. The van der Waals surface area contributed by atoms with Gasteiger partial charge in [0, 0.05) is 23.8 Å². The Kier molecular flexibility index (Phi) is 2.44. The third-order valence-electron chi connectivity index (χ3n) is 2.96. The number of hydrogen-bond acceptors (Lipinski definition) is 4. The fourth-order valence-electron chi connectivity index (χ4n) is 2.13. The van der Waals surface area contributed by atoms with E-state index in [1.165, 1.54) is 0 Å². The standard InChI is InChI=1S/C13H12N4O/c14-10-2-3-11-9(6-10)7-13(18)17(11)8-12-15-4-1-5-16-12/h1-6H,7-8,14H2. The number of hydrogen-bond donors (Lipinski definition) is 1. The first-order valence-corrected chi connectivity index (χ1v) is 5.69. The molecule has 90 valence electrons. The van der Waals surface area contributed by atoms with Crippen molar-refractivity contribution in [2.75, 3.05) is 10.6 Å². The molecule has 0 spiro atoms. The van der Waals surface area contributed by atoms with Crippen molar-refractivity contribution in [2.24, 2.45) is 0 Å². The summed E-state index contributed by atoms with van der Waals surface area (Å²) in [5, 5.41) is 0. The maximum atomic E-state index is 12.0. The van der Waals surface area contributed by atoms with Crippen molar-refractivity contribution >= 4 is 17.3 Å². The monoisotopic (exact) mass is 240 g/mol. The first-order valence-electron chi connectivity index (χ1n) is 5.69. The Hall–Kier alpha value is -2.43. The number of nitrogen functional groups attached to an aromatic ring is 1. The second kappa shape index (κ2) is 4.10. The molecule has 1 aromatic heterocycles. The van der Waals surface area contributed by atoms with Gasteiger partial charge in [-0.2, -0.15) is 0 Å². The number of carbonyl (C=O) groups excluding carboxylic acids is 1. The van der Waals surface area contributed by atoms with Crippen molar-refractivity contribution in [1.29, 1.82) is 0 Å². The Bertz CT molecular complexity index is 597. The van der Waals surface area contributed by atoms with Crippen LogP contribution < -0.4 is 10.6 Å². The average molecular weight is 240 g/mol. The van der Waals surface area contributed by atoms with Crippen LogP contribution in [-0.4, -0.2) is 15.9 Å². The third kappa shape index (κ3) is 1.79. The van der Waals surface area contributed by atoms with Gasteiger partial charge in [-0.05, 0) is 29.8 Å². The van der Waals surface area contributed by atoms with E-state index in [9.17, 15) is 4.79 Å². The molecular weight excluding hydrogens is 228 g/mol. The van der Waals surface area contributed by atoms with Gasteiger partial charge < -0.3 is 10.6 Å². The maximum Gasteiger partial charge on any atom is 0.231 e. The molecule has 2 N–H and O–H groups in total. The molecule has 2 aromatic rings. The summed E-state index contributed by atoms with van der Waals surface area (Å²) >= 11 is 0. The number of anilines is 2. The topological polar surface area (TPSA) is 72.1 Å². The fraction of sp³-hybridized carbons (Fsp3) is 0.154. The molecule has 18 heavy (non-hydrogen) atoms. The lowest BCUT2D eigenvalue weighted by molar-refractivity contribution is -0.117. The van der Waals surface area contributed by atoms with Gasteiger partial charge in [-0.3, -0.25) is 4.79 Å². The lowest BCUT2D eigenvalue weighted by Gasteiger charge is -2.16. The molecular formula is C13H12N4O. The van der Waals surface area contributed by atoms with Gasteiger partial charge in [-0.15, -0.1) is 0 Å². The highest BCUT2D eigenvalue weighted by atomic mass is 16.2. The quantitative estimate of drug-likeness (QED) is 0.799. The van der Waals surface area contributed by atoms with E-state index in [2.05, 4.69) is 9.97 Å². The van der Waals surface area contributed by atoms with Gasteiger partial charge >= 0.3 is 0 Å². The lowest BCUT2D eigenvalue weighted by Crippen LogP contribution is -2.26. The van der Waals surface area contributed by atoms with E-state index < -0.39 is 0 Å². The Morgan fingerprint density at radius 3 is 2.83 bits per heavy atom. The van der Waals surface area contributed by atoms with Crippen LogP contribution in [-0.2, 0) is 17.8 Å². The number of fused-ring (bicyclic) bond motifs is 1. The minimum absolute atomic E-state index is 0.0584. The molecule has 0 bridgehead atoms. The number of rotatable bonds is 2. The van der Waals surface area contributed by atoms with Crippen LogP contribution in [0.1, 0.15) is 11.4 Å². The number of carbonyl (C=O) groups is 1. The van der Waals surface area contributed by atoms with Gasteiger partial charge in [0.2, 0.25) is 5.91 Å². The number of benzene rings is 1.